The van der Waals surface area contributed by atoms with Crippen molar-refractivity contribution in [1.29, 1.82) is 0 Å². The summed E-state index contributed by atoms with van der Waals surface area (Å²) < 4.78 is 2.28. The van der Waals surface area contributed by atoms with Gasteiger partial charge in [0.05, 0.1) is 34.2 Å². The van der Waals surface area contributed by atoms with Crippen molar-refractivity contribution in [2.45, 2.75) is 53.9 Å². The summed E-state index contributed by atoms with van der Waals surface area (Å²) in [6.07, 6.45) is 0. The second-order valence-electron chi connectivity index (χ2n) is 7.19. The first-order chi connectivity index (χ1) is 10.1. The maximum atomic E-state index is 2.42. The van der Waals surface area contributed by atoms with Gasteiger partial charge in [-0.1, -0.05) is 39.0 Å². The van der Waals surface area contributed by atoms with Crippen molar-refractivity contribution in [3.8, 4) is 0 Å². The van der Waals surface area contributed by atoms with Crippen molar-refractivity contribution in [2.75, 3.05) is 3.11 Å². The molecule has 22 heavy (non-hydrogen) atoms. The summed E-state index contributed by atoms with van der Waals surface area (Å²) in [7, 11) is 0. The van der Waals surface area contributed by atoms with E-state index in [1.807, 2.05) is 0 Å². The van der Waals surface area contributed by atoms with Crippen LogP contribution in [-0.2, 0) is 5.41 Å². The molecule has 0 N–H and O–H groups in total. The number of rotatable bonds is 2. The molecule has 0 unspecified atom stereocenters. The Morgan fingerprint density at radius 3 is 1.86 bits per heavy atom. The Labute approximate surface area is 149 Å². The molecule has 0 spiro atoms. The Bertz CT molecular complexity index is 678. The van der Waals surface area contributed by atoms with E-state index in [1.165, 1.54) is 39.2 Å². The van der Waals surface area contributed by atoms with Gasteiger partial charge in [0.1, 0.15) is 0 Å². The molecule has 0 amide bonds. The average molecular weight is 407 g/mol. The summed E-state index contributed by atoms with van der Waals surface area (Å²) in [6, 6.07) is 11.2. The quantitative estimate of drug-likeness (QED) is 0.395. The molecule has 0 aliphatic carbocycles. The molecule has 0 heterocycles. The first-order valence-electron chi connectivity index (χ1n) is 7.76. The van der Waals surface area contributed by atoms with Crippen molar-refractivity contribution in [3.05, 3.63) is 58.1 Å². The minimum Gasteiger partial charge on any atom is -0.282 e. The Hall–Kier alpha value is -1.03. The average Bonchev–Trinajstić information content (AvgIpc) is 2.44. The second-order valence-corrected chi connectivity index (χ2v) is 8.15. The van der Waals surface area contributed by atoms with E-state index in [1.54, 1.807) is 0 Å². The van der Waals surface area contributed by atoms with Crippen LogP contribution in [0.2, 0.25) is 0 Å². The molecule has 0 aliphatic rings. The van der Waals surface area contributed by atoms with Crippen molar-refractivity contribution < 1.29 is 0 Å². The third-order valence-electron chi connectivity index (χ3n) is 4.47. The lowest BCUT2D eigenvalue weighted by molar-refractivity contribution is 0.590. The number of aryl methyl sites for hydroxylation is 2. The molecule has 0 bridgehead atoms. The van der Waals surface area contributed by atoms with Crippen molar-refractivity contribution in [2.24, 2.45) is 0 Å². The predicted octanol–water partition coefficient (Wildman–Crippen LogP) is 6.71. The van der Waals surface area contributed by atoms with E-state index in [4.69, 9.17) is 0 Å². The molecule has 0 fully saturated rings. The zero-order valence-electron chi connectivity index (χ0n) is 14.7. The lowest BCUT2D eigenvalue weighted by atomic mass is 9.87. The lowest BCUT2D eigenvalue weighted by Crippen LogP contribution is -2.11. The van der Waals surface area contributed by atoms with Crippen molar-refractivity contribution in [3.63, 3.8) is 0 Å². The van der Waals surface area contributed by atoms with Crippen LogP contribution < -0.4 is 3.11 Å². The van der Waals surface area contributed by atoms with Gasteiger partial charge in [0, 0.05) is 0 Å². The molecular formula is C20H26IN. The maximum absolute atomic E-state index is 2.42. The molecule has 2 heteroatoms. The maximum Gasteiger partial charge on any atom is 0.0646 e. The van der Waals surface area contributed by atoms with Crippen LogP contribution in [0.3, 0.4) is 0 Å². The summed E-state index contributed by atoms with van der Waals surface area (Å²) in [5.41, 5.74) is 9.55. The summed E-state index contributed by atoms with van der Waals surface area (Å²) in [5, 5.41) is 0. The topological polar surface area (TPSA) is 3.24 Å². The first kappa shape index (κ1) is 17.3. The van der Waals surface area contributed by atoms with Gasteiger partial charge >= 0.3 is 0 Å². The van der Waals surface area contributed by atoms with Crippen LogP contribution in [0.4, 0.5) is 11.4 Å². The molecular weight excluding hydrogens is 381 g/mol. The molecule has 0 aromatic heterocycles. The van der Waals surface area contributed by atoms with Crippen LogP contribution in [0.1, 0.15) is 48.6 Å². The highest BCUT2D eigenvalue weighted by molar-refractivity contribution is 14.1. The number of anilines is 2. The molecule has 2 aromatic rings. The highest BCUT2D eigenvalue weighted by Gasteiger charge is 2.17. The minimum atomic E-state index is 0.195. The van der Waals surface area contributed by atoms with Crippen LogP contribution in [0.15, 0.2) is 30.3 Å². The first-order valence-corrected chi connectivity index (χ1v) is 8.73. The molecule has 0 saturated heterocycles. The fourth-order valence-corrected chi connectivity index (χ4v) is 3.86. The molecule has 2 aromatic carbocycles. The van der Waals surface area contributed by atoms with Gasteiger partial charge in [-0.25, -0.2) is 0 Å². The van der Waals surface area contributed by atoms with Gasteiger partial charge < -0.3 is 0 Å². The monoisotopic (exact) mass is 407 g/mol. The van der Waals surface area contributed by atoms with Gasteiger partial charge in [0.15, 0.2) is 0 Å². The van der Waals surface area contributed by atoms with Gasteiger partial charge in [-0.2, -0.15) is 0 Å². The van der Waals surface area contributed by atoms with Crippen LogP contribution in [0, 0.1) is 27.7 Å². The number of hydrogen-bond acceptors (Lipinski definition) is 1. The van der Waals surface area contributed by atoms with Gasteiger partial charge in [0.25, 0.3) is 0 Å². The summed E-state index contributed by atoms with van der Waals surface area (Å²) in [5.74, 6) is 0. The van der Waals surface area contributed by atoms with E-state index in [0.717, 1.165) is 0 Å². The standard InChI is InChI=1S/C20H26IN/c1-13-12-14(2)19(16(4)15(13)3)22(21)18-10-8-17(9-11-18)20(5,6)7/h8-12H,1-7H3. The van der Waals surface area contributed by atoms with Crippen LogP contribution >= 0.6 is 22.9 Å². The number of benzene rings is 2. The largest absolute Gasteiger partial charge is 0.282 e. The number of nitrogens with zero attached hydrogens (tertiary/aromatic N) is 1. The predicted molar refractivity (Wildman–Crippen MR) is 107 cm³/mol. The van der Waals surface area contributed by atoms with E-state index < -0.39 is 0 Å². The zero-order chi connectivity index (χ0) is 16.7. The number of halogens is 1. The summed E-state index contributed by atoms with van der Waals surface area (Å²) >= 11 is 2.42. The SMILES string of the molecule is Cc1cc(C)c(N(I)c2ccc(C(C)(C)C)cc2)c(C)c1C. The Morgan fingerprint density at radius 2 is 1.36 bits per heavy atom. The van der Waals surface area contributed by atoms with E-state index in [2.05, 4.69) is 105 Å². The Kier molecular flexibility index (Phi) is 4.90. The highest BCUT2D eigenvalue weighted by Crippen LogP contribution is 2.37. The third-order valence-corrected chi connectivity index (χ3v) is 5.51. The highest BCUT2D eigenvalue weighted by atomic mass is 127. The van der Waals surface area contributed by atoms with Gasteiger partial charge in [-0.15, -0.1) is 0 Å². The van der Waals surface area contributed by atoms with E-state index in [9.17, 15) is 0 Å². The lowest BCUT2D eigenvalue weighted by Gasteiger charge is -2.25. The van der Waals surface area contributed by atoms with E-state index >= 15 is 0 Å². The summed E-state index contributed by atoms with van der Waals surface area (Å²) in [6.45, 7) is 15.6. The smallest absolute Gasteiger partial charge is 0.0646 e. The second kappa shape index (κ2) is 6.23. The molecule has 0 aliphatic heterocycles. The van der Waals surface area contributed by atoms with Gasteiger partial charge in [0.2, 0.25) is 0 Å². The third kappa shape index (κ3) is 3.32. The van der Waals surface area contributed by atoms with Crippen molar-refractivity contribution >= 4 is 34.2 Å². The fourth-order valence-electron chi connectivity index (χ4n) is 2.79. The molecule has 2 rings (SSSR count). The molecule has 0 atom stereocenters. The number of hydrogen-bond donors (Lipinski definition) is 0. The van der Waals surface area contributed by atoms with Crippen LogP contribution in [0.25, 0.3) is 0 Å². The van der Waals surface area contributed by atoms with Crippen molar-refractivity contribution in [1.82, 2.24) is 0 Å². The Balaban J connectivity index is 2.45. The van der Waals surface area contributed by atoms with Gasteiger partial charge in [-0.3, -0.25) is 3.11 Å². The minimum absolute atomic E-state index is 0.195. The zero-order valence-corrected chi connectivity index (χ0v) is 16.9. The molecule has 0 radical (unpaired) electrons. The summed E-state index contributed by atoms with van der Waals surface area (Å²) in [4.78, 5) is 0. The van der Waals surface area contributed by atoms with E-state index in [0.29, 0.717) is 0 Å². The van der Waals surface area contributed by atoms with E-state index in [-0.39, 0.29) is 5.41 Å². The fraction of sp³-hybridized carbons (Fsp3) is 0.400. The van der Waals surface area contributed by atoms with Crippen LogP contribution in [-0.4, -0.2) is 0 Å². The molecule has 118 valence electrons. The Morgan fingerprint density at radius 1 is 0.818 bits per heavy atom. The normalized spacial score (nSPS) is 11.6. The van der Waals surface area contributed by atoms with Crippen LogP contribution in [0.5, 0.6) is 0 Å². The molecule has 1 nitrogen and oxygen atoms in total. The molecule has 0 saturated carbocycles. The van der Waals surface area contributed by atoms with Gasteiger partial charge in [-0.05, 0) is 73.1 Å².